The van der Waals surface area contributed by atoms with Crippen LogP contribution in [0, 0.1) is 0 Å². The van der Waals surface area contributed by atoms with Crippen molar-refractivity contribution in [1.29, 1.82) is 0 Å². The lowest BCUT2D eigenvalue weighted by Crippen LogP contribution is -2.24. The molecule has 0 spiro atoms. The predicted octanol–water partition coefficient (Wildman–Crippen LogP) is 2.88. The third-order valence-electron chi connectivity index (χ3n) is 3.29. The normalized spacial score (nSPS) is 12.1. The maximum absolute atomic E-state index is 9.92. The summed E-state index contributed by atoms with van der Waals surface area (Å²) in [6, 6.07) is 12.2. The van der Waals surface area contributed by atoms with Gasteiger partial charge in [-0.3, -0.25) is 0 Å². The van der Waals surface area contributed by atoms with Crippen LogP contribution in [0.15, 0.2) is 42.5 Å². The highest BCUT2D eigenvalue weighted by Crippen LogP contribution is 2.24. The number of nitrogens with one attached hydrogen (secondary N) is 1. The van der Waals surface area contributed by atoms with E-state index < -0.39 is 0 Å². The highest BCUT2D eigenvalue weighted by molar-refractivity contribution is 6.30. The molecule has 112 valence electrons. The Morgan fingerprint density at radius 2 is 1.90 bits per heavy atom. The Morgan fingerprint density at radius 1 is 1.19 bits per heavy atom. The van der Waals surface area contributed by atoms with Gasteiger partial charge in [-0.15, -0.1) is 0 Å². The molecule has 0 radical (unpaired) electrons. The molecule has 0 bridgehead atoms. The van der Waals surface area contributed by atoms with E-state index in [4.69, 9.17) is 16.3 Å². The van der Waals surface area contributed by atoms with Gasteiger partial charge in [-0.05, 0) is 23.8 Å². The number of ether oxygens (including phenoxy) is 1. The first-order chi connectivity index (χ1) is 10.1. The van der Waals surface area contributed by atoms with Crippen LogP contribution in [0.5, 0.6) is 11.5 Å². The van der Waals surface area contributed by atoms with Gasteiger partial charge in [-0.1, -0.05) is 29.8 Å². The minimum Gasteiger partial charge on any atom is -0.507 e. The number of benzene rings is 2. The van der Waals surface area contributed by atoms with Gasteiger partial charge < -0.3 is 20.3 Å². The first-order valence-electron chi connectivity index (χ1n) is 6.59. The molecule has 0 aliphatic rings. The molecule has 2 aromatic rings. The van der Waals surface area contributed by atoms with E-state index >= 15 is 0 Å². The van der Waals surface area contributed by atoms with Crippen LogP contribution in [-0.4, -0.2) is 23.9 Å². The van der Waals surface area contributed by atoms with Gasteiger partial charge in [-0.2, -0.15) is 0 Å². The van der Waals surface area contributed by atoms with E-state index in [0.29, 0.717) is 17.3 Å². The summed E-state index contributed by atoms with van der Waals surface area (Å²) in [4.78, 5) is 0. The molecular weight excluding hydrogens is 290 g/mol. The molecule has 0 aliphatic carbocycles. The van der Waals surface area contributed by atoms with Gasteiger partial charge in [0.25, 0.3) is 0 Å². The molecule has 1 atom stereocenters. The van der Waals surface area contributed by atoms with Crippen LogP contribution in [-0.2, 0) is 6.54 Å². The number of methoxy groups -OCH3 is 1. The van der Waals surface area contributed by atoms with Gasteiger partial charge >= 0.3 is 0 Å². The highest BCUT2D eigenvalue weighted by atomic mass is 35.5. The number of aliphatic hydroxyl groups is 1. The van der Waals surface area contributed by atoms with Crippen molar-refractivity contribution in [3.05, 3.63) is 58.6 Å². The Labute approximate surface area is 129 Å². The van der Waals surface area contributed by atoms with E-state index in [-0.39, 0.29) is 18.4 Å². The monoisotopic (exact) mass is 307 g/mol. The molecule has 0 aliphatic heterocycles. The topological polar surface area (TPSA) is 61.7 Å². The van der Waals surface area contributed by atoms with Crippen molar-refractivity contribution in [2.75, 3.05) is 13.7 Å². The maximum Gasteiger partial charge on any atom is 0.123 e. The maximum atomic E-state index is 9.92. The molecule has 5 heteroatoms. The first kappa shape index (κ1) is 15.6. The highest BCUT2D eigenvalue weighted by Gasteiger charge is 2.11. The quantitative estimate of drug-likeness (QED) is 0.768. The van der Waals surface area contributed by atoms with Gasteiger partial charge in [0.05, 0.1) is 19.8 Å². The smallest absolute Gasteiger partial charge is 0.123 e. The Balaban J connectivity index is 2.04. The number of aliphatic hydroxyl groups excluding tert-OH is 1. The summed E-state index contributed by atoms with van der Waals surface area (Å²) < 4.78 is 5.04. The van der Waals surface area contributed by atoms with Crippen LogP contribution >= 0.6 is 11.6 Å². The van der Waals surface area contributed by atoms with Gasteiger partial charge in [0, 0.05) is 23.2 Å². The molecule has 21 heavy (non-hydrogen) atoms. The molecule has 0 saturated heterocycles. The van der Waals surface area contributed by atoms with Crippen molar-refractivity contribution in [3.63, 3.8) is 0 Å². The van der Waals surface area contributed by atoms with Crippen LogP contribution < -0.4 is 10.1 Å². The standard InChI is InChI=1S/C16H18ClNO3/c1-21-14-7-4-12(16(20)8-14)9-18-15(10-19)11-2-5-13(17)6-3-11/h2-8,15,18-20H,9-10H2,1H3. The van der Waals surface area contributed by atoms with Crippen LogP contribution in [0.2, 0.25) is 5.02 Å². The summed E-state index contributed by atoms with van der Waals surface area (Å²) in [6.45, 7) is 0.391. The third-order valence-corrected chi connectivity index (χ3v) is 3.54. The number of hydrogen-bond acceptors (Lipinski definition) is 4. The van der Waals surface area contributed by atoms with Crippen molar-refractivity contribution in [2.24, 2.45) is 0 Å². The molecule has 0 amide bonds. The minimum absolute atomic E-state index is 0.0431. The van der Waals surface area contributed by atoms with Gasteiger partial charge in [-0.25, -0.2) is 0 Å². The Morgan fingerprint density at radius 3 is 2.48 bits per heavy atom. The largest absolute Gasteiger partial charge is 0.507 e. The zero-order valence-corrected chi connectivity index (χ0v) is 12.5. The fourth-order valence-corrected chi connectivity index (χ4v) is 2.16. The second-order valence-corrected chi connectivity index (χ2v) is 5.10. The zero-order chi connectivity index (χ0) is 15.2. The molecule has 0 heterocycles. The summed E-state index contributed by atoms with van der Waals surface area (Å²) in [5.41, 5.74) is 1.68. The lowest BCUT2D eigenvalue weighted by molar-refractivity contribution is 0.243. The van der Waals surface area contributed by atoms with Crippen molar-refractivity contribution < 1.29 is 14.9 Å². The molecule has 4 nitrogen and oxygen atoms in total. The van der Waals surface area contributed by atoms with Gasteiger partial charge in [0.1, 0.15) is 11.5 Å². The Kier molecular flexibility index (Phi) is 5.44. The molecule has 0 aromatic heterocycles. The summed E-state index contributed by atoms with van der Waals surface area (Å²) in [6.07, 6.45) is 0. The van der Waals surface area contributed by atoms with E-state index in [1.165, 1.54) is 0 Å². The van der Waals surface area contributed by atoms with Crippen molar-refractivity contribution >= 4 is 11.6 Å². The van der Waals surface area contributed by atoms with Crippen LogP contribution in [0.4, 0.5) is 0 Å². The SMILES string of the molecule is COc1ccc(CNC(CO)c2ccc(Cl)cc2)c(O)c1. The van der Waals surface area contributed by atoms with E-state index in [0.717, 1.165) is 11.1 Å². The fourth-order valence-electron chi connectivity index (χ4n) is 2.04. The molecule has 3 N–H and O–H groups in total. The minimum atomic E-state index is -0.219. The molecule has 1 unspecified atom stereocenters. The summed E-state index contributed by atoms with van der Waals surface area (Å²) >= 11 is 5.85. The van der Waals surface area contributed by atoms with E-state index in [2.05, 4.69) is 5.32 Å². The fraction of sp³-hybridized carbons (Fsp3) is 0.250. The molecule has 0 saturated carbocycles. The van der Waals surface area contributed by atoms with Crippen LogP contribution in [0.1, 0.15) is 17.2 Å². The predicted molar refractivity (Wildman–Crippen MR) is 82.8 cm³/mol. The molecule has 0 fully saturated rings. The number of rotatable bonds is 6. The zero-order valence-electron chi connectivity index (χ0n) is 11.7. The number of phenols is 1. The van der Waals surface area contributed by atoms with E-state index in [9.17, 15) is 10.2 Å². The summed E-state index contributed by atoms with van der Waals surface area (Å²) in [7, 11) is 1.55. The average Bonchev–Trinajstić information content (AvgIpc) is 2.50. The van der Waals surface area contributed by atoms with Crippen LogP contribution in [0.25, 0.3) is 0 Å². The van der Waals surface area contributed by atoms with Crippen molar-refractivity contribution in [3.8, 4) is 11.5 Å². The Bertz CT molecular complexity index is 587. The lowest BCUT2D eigenvalue weighted by Gasteiger charge is -2.17. The number of aromatic hydroxyl groups is 1. The number of phenolic OH excluding ortho intramolecular Hbond substituents is 1. The molecule has 2 aromatic carbocycles. The van der Waals surface area contributed by atoms with E-state index in [1.54, 1.807) is 37.4 Å². The second kappa shape index (κ2) is 7.31. The summed E-state index contributed by atoms with van der Waals surface area (Å²) in [5, 5.41) is 23.3. The molecular formula is C16H18ClNO3. The average molecular weight is 308 g/mol. The van der Waals surface area contributed by atoms with Gasteiger partial charge in [0.15, 0.2) is 0 Å². The lowest BCUT2D eigenvalue weighted by atomic mass is 10.1. The molecule has 2 rings (SSSR count). The first-order valence-corrected chi connectivity index (χ1v) is 6.97. The summed E-state index contributed by atoms with van der Waals surface area (Å²) in [5.74, 6) is 0.766. The second-order valence-electron chi connectivity index (χ2n) is 4.66. The van der Waals surface area contributed by atoms with Gasteiger partial charge in [0.2, 0.25) is 0 Å². The van der Waals surface area contributed by atoms with Crippen LogP contribution in [0.3, 0.4) is 0 Å². The van der Waals surface area contributed by atoms with Crippen molar-refractivity contribution in [2.45, 2.75) is 12.6 Å². The number of hydrogen-bond donors (Lipinski definition) is 3. The Hall–Kier alpha value is -1.75. The number of halogens is 1. The van der Waals surface area contributed by atoms with E-state index in [1.807, 2.05) is 12.1 Å². The third kappa shape index (κ3) is 4.11. The van der Waals surface area contributed by atoms with Crippen molar-refractivity contribution in [1.82, 2.24) is 5.32 Å².